The van der Waals surface area contributed by atoms with Crippen molar-refractivity contribution in [3.63, 3.8) is 0 Å². The third-order valence-electron chi connectivity index (χ3n) is 7.11. The standard InChI is InChI=1S/C34H39N5O2/c1-7-8-22-39(6)32(41)25-14-18-27(19-15-25)36-33-35-21-20-30(38-33)28-10-9-11-29(23(28)2)37-31(40)24-12-16-26(17-13-24)34(3,4)5/h9-21H,7-8,22H2,1-6H3,(H,37,40)(H,35,36,38). The van der Waals surface area contributed by atoms with Crippen molar-refractivity contribution in [2.45, 2.75) is 52.9 Å². The SMILES string of the molecule is CCCCN(C)C(=O)c1ccc(Nc2nccc(-c3cccc(NC(=O)c4ccc(C(C)(C)C)cc4)c3C)n2)cc1. The van der Waals surface area contributed by atoms with Crippen molar-refractivity contribution in [3.8, 4) is 11.3 Å². The lowest BCUT2D eigenvalue weighted by atomic mass is 9.86. The van der Waals surface area contributed by atoms with E-state index in [0.29, 0.717) is 17.1 Å². The van der Waals surface area contributed by atoms with E-state index >= 15 is 0 Å². The zero-order valence-electron chi connectivity index (χ0n) is 24.8. The fourth-order valence-corrected chi connectivity index (χ4v) is 4.48. The van der Waals surface area contributed by atoms with Gasteiger partial charge >= 0.3 is 0 Å². The van der Waals surface area contributed by atoms with E-state index in [9.17, 15) is 9.59 Å². The van der Waals surface area contributed by atoms with Crippen LogP contribution >= 0.6 is 0 Å². The van der Waals surface area contributed by atoms with E-state index in [-0.39, 0.29) is 17.2 Å². The number of rotatable bonds is 9. The van der Waals surface area contributed by atoms with Crippen molar-refractivity contribution in [2.24, 2.45) is 0 Å². The molecule has 7 heteroatoms. The monoisotopic (exact) mass is 549 g/mol. The zero-order valence-corrected chi connectivity index (χ0v) is 24.8. The Hall–Kier alpha value is -4.52. The molecule has 0 radical (unpaired) electrons. The van der Waals surface area contributed by atoms with Gasteiger partial charge in [-0.15, -0.1) is 0 Å². The fourth-order valence-electron chi connectivity index (χ4n) is 4.48. The summed E-state index contributed by atoms with van der Waals surface area (Å²) in [4.78, 5) is 36.5. The predicted molar refractivity (Wildman–Crippen MR) is 167 cm³/mol. The molecule has 4 aromatic rings. The number of anilines is 3. The van der Waals surface area contributed by atoms with Crippen LogP contribution in [0.1, 0.15) is 72.4 Å². The lowest BCUT2D eigenvalue weighted by molar-refractivity contribution is 0.0793. The first-order valence-corrected chi connectivity index (χ1v) is 14.0. The van der Waals surface area contributed by atoms with Gasteiger partial charge in [0.05, 0.1) is 5.69 Å². The highest BCUT2D eigenvalue weighted by Gasteiger charge is 2.16. The molecule has 0 fully saturated rings. The number of hydrogen-bond acceptors (Lipinski definition) is 5. The van der Waals surface area contributed by atoms with Crippen LogP contribution in [0.25, 0.3) is 11.3 Å². The summed E-state index contributed by atoms with van der Waals surface area (Å²) in [6.45, 7) is 11.3. The highest BCUT2D eigenvalue weighted by Crippen LogP contribution is 2.29. The number of carbonyl (C=O) groups is 2. The maximum Gasteiger partial charge on any atom is 0.255 e. The molecule has 0 saturated heterocycles. The maximum absolute atomic E-state index is 13.0. The summed E-state index contributed by atoms with van der Waals surface area (Å²) < 4.78 is 0. The second-order valence-electron chi connectivity index (χ2n) is 11.3. The molecule has 3 aromatic carbocycles. The first-order valence-electron chi connectivity index (χ1n) is 14.0. The molecule has 0 atom stereocenters. The van der Waals surface area contributed by atoms with Gasteiger partial charge in [0.15, 0.2) is 0 Å². The summed E-state index contributed by atoms with van der Waals surface area (Å²) in [5.41, 5.74) is 6.50. The molecule has 0 aliphatic carbocycles. The topological polar surface area (TPSA) is 87.2 Å². The van der Waals surface area contributed by atoms with Crippen molar-refractivity contribution < 1.29 is 9.59 Å². The summed E-state index contributed by atoms with van der Waals surface area (Å²) >= 11 is 0. The van der Waals surface area contributed by atoms with Gasteiger partial charge in [-0.3, -0.25) is 9.59 Å². The second-order valence-corrected chi connectivity index (χ2v) is 11.3. The lowest BCUT2D eigenvalue weighted by Gasteiger charge is -2.19. The molecule has 0 saturated carbocycles. The molecule has 212 valence electrons. The summed E-state index contributed by atoms with van der Waals surface area (Å²) in [6, 6.07) is 22.7. The number of carbonyl (C=O) groups excluding carboxylic acids is 2. The summed E-state index contributed by atoms with van der Waals surface area (Å²) in [6.07, 6.45) is 3.73. The highest BCUT2D eigenvalue weighted by molar-refractivity contribution is 6.05. The number of benzene rings is 3. The Balaban J connectivity index is 1.47. The largest absolute Gasteiger partial charge is 0.342 e. The van der Waals surface area contributed by atoms with Gasteiger partial charge in [0.1, 0.15) is 0 Å². The number of nitrogens with zero attached hydrogens (tertiary/aromatic N) is 3. The first-order chi connectivity index (χ1) is 19.6. The van der Waals surface area contributed by atoms with Crippen molar-refractivity contribution >= 4 is 29.1 Å². The number of hydrogen-bond donors (Lipinski definition) is 2. The van der Waals surface area contributed by atoms with Gasteiger partial charge in [-0.25, -0.2) is 9.97 Å². The third kappa shape index (κ3) is 7.37. The summed E-state index contributed by atoms with van der Waals surface area (Å²) in [5.74, 6) is 0.288. The smallest absolute Gasteiger partial charge is 0.255 e. The Morgan fingerprint density at radius 1 is 0.902 bits per heavy atom. The molecule has 0 spiro atoms. The van der Waals surface area contributed by atoms with Crippen molar-refractivity contribution in [1.82, 2.24) is 14.9 Å². The van der Waals surface area contributed by atoms with Crippen molar-refractivity contribution in [2.75, 3.05) is 24.2 Å². The Morgan fingerprint density at radius 3 is 2.24 bits per heavy atom. The number of amides is 2. The number of aromatic nitrogens is 2. The van der Waals surface area contributed by atoms with Crippen LogP contribution in [0.3, 0.4) is 0 Å². The molecule has 0 unspecified atom stereocenters. The van der Waals surface area contributed by atoms with E-state index in [0.717, 1.165) is 47.6 Å². The minimum Gasteiger partial charge on any atom is -0.342 e. The molecule has 1 heterocycles. The van der Waals surface area contributed by atoms with E-state index in [4.69, 9.17) is 4.98 Å². The fraction of sp³-hybridized carbons (Fsp3) is 0.294. The van der Waals surface area contributed by atoms with Crippen LogP contribution in [0, 0.1) is 6.92 Å². The van der Waals surface area contributed by atoms with Crippen LogP contribution < -0.4 is 10.6 Å². The quantitative estimate of drug-likeness (QED) is 0.224. The zero-order chi connectivity index (χ0) is 29.6. The van der Waals surface area contributed by atoms with Crippen LogP contribution in [0.2, 0.25) is 0 Å². The molecule has 2 N–H and O–H groups in total. The second kappa shape index (κ2) is 12.8. The molecule has 4 rings (SSSR count). The summed E-state index contributed by atoms with van der Waals surface area (Å²) in [7, 11) is 1.83. The van der Waals surface area contributed by atoms with E-state index < -0.39 is 0 Å². The van der Waals surface area contributed by atoms with Crippen LogP contribution in [0.5, 0.6) is 0 Å². The minimum absolute atomic E-state index is 0.00705. The van der Waals surface area contributed by atoms with Crippen LogP contribution in [-0.2, 0) is 5.41 Å². The molecule has 0 aliphatic rings. The van der Waals surface area contributed by atoms with E-state index in [1.807, 2.05) is 86.8 Å². The van der Waals surface area contributed by atoms with E-state index in [1.165, 1.54) is 5.56 Å². The number of nitrogens with one attached hydrogen (secondary N) is 2. The molecule has 0 aliphatic heterocycles. The van der Waals surface area contributed by atoms with E-state index in [1.54, 1.807) is 11.1 Å². The number of unbranched alkanes of at least 4 members (excludes halogenated alkanes) is 1. The minimum atomic E-state index is -0.158. The highest BCUT2D eigenvalue weighted by atomic mass is 16.2. The van der Waals surface area contributed by atoms with Gasteiger partial charge in [0.2, 0.25) is 5.95 Å². The Kier molecular flexibility index (Phi) is 9.17. The Morgan fingerprint density at radius 2 is 1.59 bits per heavy atom. The average molecular weight is 550 g/mol. The molecular formula is C34H39N5O2. The summed E-state index contributed by atoms with van der Waals surface area (Å²) in [5, 5.41) is 6.28. The molecule has 0 bridgehead atoms. The van der Waals surface area contributed by atoms with Crippen LogP contribution in [0.4, 0.5) is 17.3 Å². The average Bonchev–Trinajstić information content (AvgIpc) is 2.96. The molecule has 7 nitrogen and oxygen atoms in total. The molecule has 41 heavy (non-hydrogen) atoms. The van der Waals surface area contributed by atoms with Crippen LogP contribution in [0.15, 0.2) is 79.0 Å². The predicted octanol–water partition coefficient (Wildman–Crippen LogP) is 7.62. The van der Waals surface area contributed by atoms with Crippen molar-refractivity contribution in [1.29, 1.82) is 0 Å². The molecule has 1 aromatic heterocycles. The third-order valence-corrected chi connectivity index (χ3v) is 7.11. The normalized spacial score (nSPS) is 11.2. The van der Waals surface area contributed by atoms with Crippen molar-refractivity contribution in [3.05, 3.63) is 101 Å². The molecular weight excluding hydrogens is 510 g/mol. The van der Waals surface area contributed by atoms with Gasteiger partial charge in [-0.1, -0.05) is 58.4 Å². The maximum atomic E-state index is 13.0. The van der Waals surface area contributed by atoms with Crippen LogP contribution in [-0.4, -0.2) is 40.3 Å². The van der Waals surface area contributed by atoms with E-state index in [2.05, 4.69) is 43.3 Å². The first kappa shape index (κ1) is 29.5. The van der Waals surface area contributed by atoms with Gasteiger partial charge in [-0.2, -0.15) is 0 Å². The Bertz CT molecular complexity index is 1510. The Labute approximate surface area is 243 Å². The van der Waals surface area contributed by atoms with Gasteiger partial charge in [0.25, 0.3) is 11.8 Å². The van der Waals surface area contributed by atoms with Gasteiger partial charge in [0, 0.05) is 47.9 Å². The lowest BCUT2D eigenvalue weighted by Crippen LogP contribution is -2.27. The molecule has 2 amide bonds. The van der Waals surface area contributed by atoms with Gasteiger partial charge in [-0.05, 0) is 78.4 Å². The van der Waals surface area contributed by atoms with Gasteiger partial charge < -0.3 is 15.5 Å².